The topological polar surface area (TPSA) is 12.9 Å². The van der Waals surface area contributed by atoms with Crippen LogP contribution >= 0.6 is 0 Å². The molecule has 1 aliphatic carbocycles. The van der Waals surface area contributed by atoms with E-state index < -0.39 is 24.7 Å². The molecular formula is C21H19F4N. The summed E-state index contributed by atoms with van der Waals surface area (Å²) in [5, 5.41) is 0. The lowest BCUT2D eigenvalue weighted by atomic mass is 9.84. The molecule has 0 aliphatic heterocycles. The maximum atomic E-state index is 13.6. The number of benzene rings is 1. The van der Waals surface area contributed by atoms with Crippen molar-refractivity contribution in [2.45, 2.75) is 37.5 Å². The second kappa shape index (κ2) is 6.71. The van der Waals surface area contributed by atoms with Crippen molar-refractivity contribution >= 4 is 11.1 Å². The normalized spacial score (nSPS) is 17.4. The maximum Gasteiger partial charge on any atom is 0.314 e. The summed E-state index contributed by atoms with van der Waals surface area (Å²) < 4.78 is 54.3. The summed E-state index contributed by atoms with van der Waals surface area (Å²) in [5.41, 5.74) is 3.64. The van der Waals surface area contributed by atoms with Crippen LogP contribution < -0.4 is 0 Å². The second-order valence-electron chi connectivity index (χ2n) is 6.67. The molecule has 0 spiro atoms. The highest BCUT2D eigenvalue weighted by Gasteiger charge is 2.58. The Morgan fingerprint density at radius 3 is 2.19 bits per heavy atom. The number of hydrogen-bond donors (Lipinski definition) is 0. The van der Waals surface area contributed by atoms with Gasteiger partial charge in [-0.15, -0.1) is 0 Å². The number of fused-ring (bicyclic) bond motifs is 1. The van der Waals surface area contributed by atoms with E-state index in [0.717, 1.165) is 16.8 Å². The Balaban J connectivity index is 1.71. The Morgan fingerprint density at radius 2 is 1.54 bits per heavy atom. The molecule has 0 fully saturated rings. The monoisotopic (exact) mass is 361 g/mol. The molecule has 0 atom stereocenters. The largest absolute Gasteiger partial charge is 0.314 e. The van der Waals surface area contributed by atoms with Crippen molar-refractivity contribution in [1.29, 1.82) is 0 Å². The Kier molecular flexibility index (Phi) is 4.74. The van der Waals surface area contributed by atoms with E-state index in [1.165, 1.54) is 6.07 Å². The summed E-state index contributed by atoms with van der Waals surface area (Å²) in [6.45, 7) is 8.02. The second-order valence-corrected chi connectivity index (χ2v) is 6.67. The molecule has 1 heterocycles. The fourth-order valence-corrected chi connectivity index (χ4v) is 3.07. The van der Waals surface area contributed by atoms with E-state index in [2.05, 4.69) is 18.1 Å². The number of hydrogen-bond acceptors (Lipinski definition) is 1. The number of allylic oxidation sites excluding steroid dienone is 2. The predicted molar refractivity (Wildman–Crippen MR) is 95.3 cm³/mol. The van der Waals surface area contributed by atoms with Crippen LogP contribution in [0.3, 0.4) is 0 Å². The summed E-state index contributed by atoms with van der Waals surface area (Å²) in [6.07, 6.45) is 1.02. The molecule has 1 aliphatic rings. The van der Waals surface area contributed by atoms with Crippen molar-refractivity contribution in [2.75, 3.05) is 0 Å². The van der Waals surface area contributed by atoms with Gasteiger partial charge in [-0.2, -0.15) is 17.6 Å². The van der Waals surface area contributed by atoms with E-state index in [-0.39, 0.29) is 11.1 Å². The van der Waals surface area contributed by atoms with E-state index in [9.17, 15) is 17.6 Å². The smallest absolute Gasteiger partial charge is 0.257 e. The first-order chi connectivity index (χ1) is 12.2. The molecule has 0 saturated carbocycles. The summed E-state index contributed by atoms with van der Waals surface area (Å²) in [4.78, 5) is 4.23. The molecule has 26 heavy (non-hydrogen) atoms. The van der Waals surface area contributed by atoms with Gasteiger partial charge in [-0.05, 0) is 52.8 Å². The Bertz CT molecular complexity index is 840. The number of aromatic nitrogens is 1. The molecule has 136 valence electrons. The van der Waals surface area contributed by atoms with Gasteiger partial charge in [-0.25, -0.2) is 0 Å². The molecule has 2 aromatic rings. The molecule has 1 nitrogen and oxygen atoms in total. The van der Waals surface area contributed by atoms with Crippen LogP contribution in [0.1, 0.15) is 35.2 Å². The van der Waals surface area contributed by atoms with Gasteiger partial charge in [0.25, 0.3) is 0 Å². The van der Waals surface area contributed by atoms with Crippen LogP contribution in [0.15, 0.2) is 55.8 Å². The zero-order valence-electron chi connectivity index (χ0n) is 14.2. The molecule has 0 radical (unpaired) electrons. The van der Waals surface area contributed by atoms with Gasteiger partial charge in [0, 0.05) is 19.0 Å². The van der Waals surface area contributed by atoms with Crippen LogP contribution in [0.2, 0.25) is 0 Å². The number of nitrogens with zero attached hydrogens (tertiary/aromatic N) is 1. The fourth-order valence-electron chi connectivity index (χ4n) is 3.07. The third kappa shape index (κ3) is 3.57. The standard InChI is InChI=1S/C21H19F4N/c1-14(6-7-15(2)19-5-3-4-10-26-19)16-8-9-17-12-20(22,23)21(24,25)13-18(17)11-16/h3-5,8-11H,1-2,6-7,12-13H2. The minimum absolute atomic E-state index is 0.267. The third-order valence-corrected chi connectivity index (χ3v) is 4.73. The molecule has 1 aromatic carbocycles. The van der Waals surface area contributed by atoms with Gasteiger partial charge in [0.2, 0.25) is 0 Å². The van der Waals surface area contributed by atoms with E-state index in [0.29, 0.717) is 18.4 Å². The highest BCUT2D eigenvalue weighted by Crippen LogP contribution is 2.44. The first-order valence-corrected chi connectivity index (χ1v) is 8.34. The minimum atomic E-state index is -4.02. The van der Waals surface area contributed by atoms with Crippen LogP contribution in [-0.4, -0.2) is 16.8 Å². The van der Waals surface area contributed by atoms with Crippen molar-refractivity contribution in [1.82, 2.24) is 4.98 Å². The predicted octanol–water partition coefficient (Wildman–Crippen LogP) is 5.96. The summed E-state index contributed by atoms with van der Waals surface area (Å²) in [6, 6.07) is 10.3. The van der Waals surface area contributed by atoms with E-state index >= 15 is 0 Å². The van der Waals surface area contributed by atoms with E-state index in [4.69, 9.17) is 0 Å². The molecule has 0 unspecified atom stereocenters. The number of rotatable bonds is 5. The first kappa shape index (κ1) is 18.4. The molecule has 0 saturated heterocycles. The Hall–Kier alpha value is -2.43. The van der Waals surface area contributed by atoms with Crippen molar-refractivity contribution in [3.8, 4) is 0 Å². The Morgan fingerprint density at radius 1 is 0.885 bits per heavy atom. The average Bonchev–Trinajstić information content (AvgIpc) is 2.60. The summed E-state index contributed by atoms with van der Waals surface area (Å²) in [7, 11) is 0. The summed E-state index contributed by atoms with van der Waals surface area (Å²) in [5.74, 6) is -8.02. The summed E-state index contributed by atoms with van der Waals surface area (Å²) >= 11 is 0. The van der Waals surface area contributed by atoms with Gasteiger partial charge >= 0.3 is 11.8 Å². The lowest BCUT2D eigenvalue weighted by molar-refractivity contribution is -0.211. The minimum Gasteiger partial charge on any atom is -0.257 e. The molecule has 5 heteroatoms. The van der Waals surface area contributed by atoms with Crippen molar-refractivity contribution in [3.63, 3.8) is 0 Å². The van der Waals surface area contributed by atoms with Gasteiger partial charge in [-0.1, -0.05) is 37.4 Å². The zero-order valence-corrected chi connectivity index (χ0v) is 14.2. The quantitative estimate of drug-likeness (QED) is 0.599. The SMILES string of the molecule is C=C(CCC(=C)c1ccccn1)c1ccc2c(c1)CC(F)(F)C(F)(F)C2. The van der Waals surface area contributed by atoms with Crippen LogP contribution in [0, 0.1) is 0 Å². The van der Waals surface area contributed by atoms with Crippen LogP contribution in [0.5, 0.6) is 0 Å². The number of halogens is 4. The molecule has 0 amide bonds. The van der Waals surface area contributed by atoms with Crippen molar-refractivity contribution in [3.05, 3.63) is 78.1 Å². The molecule has 0 N–H and O–H groups in total. The number of alkyl halides is 4. The van der Waals surface area contributed by atoms with E-state index in [1.807, 2.05) is 18.2 Å². The first-order valence-electron chi connectivity index (χ1n) is 8.34. The van der Waals surface area contributed by atoms with Gasteiger partial charge in [0.1, 0.15) is 0 Å². The highest BCUT2D eigenvalue weighted by molar-refractivity contribution is 5.68. The van der Waals surface area contributed by atoms with Crippen LogP contribution in [0.25, 0.3) is 11.1 Å². The van der Waals surface area contributed by atoms with Crippen LogP contribution in [0.4, 0.5) is 17.6 Å². The zero-order chi connectivity index (χ0) is 18.9. The Labute approximate surface area is 150 Å². The van der Waals surface area contributed by atoms with Gasteiger partial charge in [-0.3, -0.25) is 4.98 Å². The van der Waals surface area contributed by atoms with Gasteiger partial charge in [0.05, 0.1) is 5.69 Å². The van der Waals surface area contributed by atoms with Crippen molar-refractivity contribution in [2.24, 2.45) is 0 Å². The van der Waals surface area contributed by atoms with Crippen molar-refractivity contribution < 1.29 is 17.6 Å². The van der Waals surface area contributed by atoms with Crippen LogP contribution in [-0.2, 0) is 12.8 Å². The van der Waals surface area contributed by atoms with Gasteiger partial charge in [0.15, 0.2) is 0 Å². The lowest BCUT2D eigenvalue weighted by Crippen LogP contribution is -2.47. The third-order valence-electron chi connectivity index (χ3n) is 4.73. The molecule has 1 aromatic heterocycles. The lowest BCUT2D eigenvalue weighted by Gasteiger charge is -2.32. The van der Waals surface area contributed by atoms with Gasteiger partial charge < -0.3 is 0 Å². The molecule has 0 bridgehead atoms. The number of pyridine rings is 1. The molecular weight excluding hydrogens is 342 g/mol. The molecule has 3 rings (SSSR count). The van der Waals surface area contributed by atoms with E-state index in [1.54, 1.807) is 18.3 Å². The highest BCUT2D eigenvalue weighted by atomic mass is 19.3. The fraction of sp³-hybridized carbons (Fsp3) is 0.286. The average molecular weight is 361 g/mol. The maximum absolute atomic E-state index is 13.6.